The van der Waals surface area contributed by atoms with Crippen molar-refractivity contribution < 1.29 is 22.1 Å². The van der Waals surface area contributed by atoms with E-state index in [1.165, 1.54) is 0 Å². The van der Waals surface area contributed by atoms with Gasteiger partial charge in [0.1, 0.15) is 11.5 Å². The van der Waals surface area contributed by atoms with Crippen molar-refractivity contribution in [3.05, 3.63) is 53.6 Å². The molecule has 0 heterocycles. The topological polar surface area (TPSA) is 61.8 Å². The maximum Gasteiger partial charge on any atom is 0.297 e. The molecule has 6 heteroatoms. The van der Waals surface area contributed by atoms with Crippen LogP contribution in [0.3, 0.4) is 0 Å². The van der Waals surface area contributed by atoms with Crippen molar-refractivity contribution in [2.45, 2.75) is 37.7 Å². The van der Waals surface area contributed by atoms with Crippen LogP contribution in [0.2, 0.25) is 0 Å². The molecule has 1 atom stereocenters. The fourth-order valence-corrected chi connectivity index (χ4v) is 3.57. The molecule has 2 rings (SSSR count). The predicted molar refractivity (Wildman–Crippen MR) is 96.8 cm³/mol. The van der Waals surface area contributed by atoms with Gasteiger partial charge in [-0.1, -0.05) is 17.7 Å². The number of hydrogen-bond acceptors (Lipinski definition) is 5. The number of hydrogen-bond donors (Lipinski definition) is 0. The van der Waals surface area contributed by atoms with E-state index in [-0.39, 0.29) is 4.90 Å². The molecule has 136 valence electrons. The summed E-state index contributed by atoms with van der Waals surface area (Å²) in [6.07, 6.45) is 0.696. The first-order valence-corrected chi connectivity index (χ1v) is 9.47. The maximum atomic E-state index is 12.3. The van der Waals surface area contributed by atoms with E-state index in [1.54, 1.807) is 45.4 Å². The summed E-state index contributed by atoms with van der Waals surface area (Å²) in [5, 5.41) is 0. The molecule has 25 heavy (non-hydrogen) atoms. The third kappa shape index (κ3) is 5.21. The van der Waals surface area contributed by atoms with E-state index in [9.17, 15) is 8.42 Å². The largest absolute Gasteiger partial charge is 0.497 e. The SMILES string of the molecule is COc1ccc(OC)c(CCC(C)OS(=O)(=O)c2ccc(C)cc2)c1. The molecule has 0 aliphatic heterocycles. The Balaban J connectivity index is 2.03. The fourth-order valence-electron chi connectivity index (χ4n) is 2.46. The van der Waals surface area contributed by atoms with E-state index < -0.39 is 16.2 Å². The predicted octanol–water partition coefficient (Wildman–Crippen LogP) is 3.74. The van der Waals surface area contributed by atoms with Crippen LogP contribution in [0.15, 0.2) is 47.4 Å². The van der Waals surface area contributed by atoms with E-state index in [4.69, 9.17) is 13.7 Å². The Hall–Kier alpha value is -2.05. The summed E-state index contributed by atoms with van der Waals surface area (Å²) < 4.78 is 40.5. The van der Waals surface area contributed by atoms with Crippen LogP contribution in [-0.4, -0.2) is 28.7 Å². The molecule has 0 N–H and O–H groups in total. The van der Waals surface area contributed by atoms with Crippen LogP contribution < -0.4 is 9.47 Å². The van der Waals surface area contributed by atoms with Crippen molar-refractivity contribution in [3.63, 3.8) is 0 Å². The Labute approximate surface area is 149 Å². The van der Waals surface area contributed by atoms with E-state index in [0.29, 0.717) is 12.8 Å². The van der Waals surface area contributed by atoms with Crippen molar-refractivity contribution in [1.29, 1.82) is 0 Å². The molecule has 2 aromatic rings. The second kappa shape index (κ2) is 8.36. The number of methoxy groups -OCH3 is 2. The normalized spacial score (nSPS) is 12.6. The molecule has 0 fully saturated rings. The zero-order chi connectivity index (χ0) is 18.4. The summed E-state index contributed by atoms with van der Waals surface area (Å²) in [5.74, 6) is 1.48. The summed E-state index contributed by atoms with van der Waals surface area (Å²) in [5.41, 5.74) is 1.95. The molecule has 5 nitrogen and oxygen atoms in total. The lowest BCUT2D eigenvalue weighted by Gasteiger charge is -2.15. The fraction of sp³-hybridized carbons (Fsp3) is 0.368. The van der Waals surface area contributed by atoms with Crippen LogP contribution >= 0.6 is 0 Å². The van der Waals surface area contributed by atoms with Gasteiger partial charge in [-0.25, -0.2) is 0 Å². The zero-order valence-electron chi connectivity index (χ0n) is 15.0. The molecule has 0 amide bonds. The summed E-state index contributed by atoms with van der Waals surface area (Å²) in [7, 11) is -0.558. The van der Waals surface area contributed by atoms with Crippen LogP contribution in [0.4, 0.5) is 0 Å². The number of benzene rings is 2. The Morgan fingerprint density at radius 3 is 2.28 bits per heavy atom. The van der Waals surface area contributed by atoms with Gasteiger partial charge in [-0.05, 0) is 62.6 Å². The van der Waals surface area contributed by atoms with Gasteiger partial charge < -0.3 is 9.47 Å². The van der Waals surface area contributed by atoms with Crippen LogP contribution in [-0.2, 0) is 20.7 Å². The standard InChI is InChI=1S/C19H24O5S/c1-14-5-10-18(11-6-14)25(20,21)24-15(2)7-8-16-13-17(22-3)9-12-19(16)23-4/h5-6,9-13,15H,7-8H2,1-4H3. The molecule has 0 aliphatic rings. The molecule has 1 unspecified atom stereocenters. The Bertz CT molecular complexity index is 797. The Morgan fingerprint density at radius 1 is 1.00 bits per heavy atom. The molecular formula is C19H24O5S. The van der Waals surface area contributed by atoms with Gasteiger partial charge in [0.2, 0.25) is 0 Å². The van der Waals surface area contributed by atoms with Crippen molar-refractivity contribution >= 4 is 10.1 Å². The molecule has 0 saturated heterocycles. The van der Waals surface area contributed by atoms with Crippen molar-refractivity contribution in [3.8, 4) is 11.5 Å². The third-order valence-electron chi connectivity index (χ3n) is 3.91. The van der Waals surface area contributed by atoms with Gasteiger partial charge in [0.15, 0.2) is 0 Å². The van der Waals surface area contributed by atoms with Crippen LogP contribution in [0.1, 0.15) is 24.5 Å². The minimum Gasteiger partial charge on any atom is -0.497 e. The molecule has 0 bridgehead atoms. The van der Waals surface area contributed by atoms with E-state index >= 15 is 0 Å². The average Bonchev–Trinajstić information content (AvgIpc) is 2.59. The van der Waals surface area contributed by atoms with E-state index in [0.717, 1.165) is 22.6 Å². The second-order valence-electron chi connectivity index (χ2n) is 5.89. The molecule has 0 saturated carbocycles. The Kier molecular flexibility index (Phi) is 6.45. The highest BCUT2D eigenvalue weighted by Gasteiger charge is 2.19. The molecule has 0 spiro atoms. The lowest BCUT2D eigenvalue weighted by molar-refractivity contribution is 0.218. The molecule has 0 aromatic heterocycles. The number of ether oxygens (including phenoxy) is 2. The monoisotopic (exact) mass is 364 g/mol. The van der Waals surface area contributed by atoms with Crippen molar-refractivity contribution in [2.24, 2.45) is 0 Å². The highest BCUT2D eigenvalue weighted by molar-refractivity contribution is 7.86. The van der Waals surface area contributed by atoms with Gasteiger partial charge in [-0.2, -0.15) is 8.42 Å². The molecular weight excluding hydrogens is 340 g/mol. The second-order valence-corrected chi connectivity index (χ2v) is 7.46. The van der Waals surface area contributed by atoms with E-state index in [2.05, 4.69) is 0 Å². The van der Waals surface area contributed by atoms with Crippen LogP contribution in [0.25, 0.3) is 0 Å². The number of rotatable bonds is 8. The van der Waals surface area contributed by atoms with Crippen molar-refractivity contribution in [1.82, 2.24) is 0 Å². The molecule has 0 radical (unpaired) electrons. The highest BCUT2D eigenvalue weighted by Crippen LogP contribution is 2.26. The third-order valence-corrected chi connectivity index (χ3v) is 5.34. The quantitative estimate of drug-likeness (QED) is 0.668. The summed E-state index contributed by atoms with van der Waals surface area (Å²) in [4.78, 5) is 0.170. The van der Waals surface area contributed by atoms with Gasteiger partial charge in [0, 0.05) is 0 Å². The smallest absolute Gasteiger partial charge is 0.297 e. The first kappa shape index (κ1) is 19.3. The molecule has 2 aromatic carbocycles. The maximum absolute atomic E-state index is 12.3. The minimum atomic E-state index is -3.77. The summed E-state index contributed by atoms with van der Waals surface area (Å²) in [6, 6.07) is 12.2. The zero-order valence-corrected chi connectivity index (χ0v) is 15.8. The van der Waals surface area contributed by atoms with Crippen LogP contribution in [0.5, 0.6) is 11.5 Å². The average molecular weight is 364 g/mol. The summed E-state index contributed by atoms with van der Waals surface area (Å²) in [6.45, 7) is 3.65. The van der Waals surface area contributed by atoms with Gasteiger partial charge >= 0.3 is 0 Å². The lowest BCUT2D eigenvalue weighted by atomic mass is 10.1. The Morgan fingerprint density at radius 2 is 1.68 bits per heavy atom. The van der Waals surface area contributed by atoms with Gasteiger partial charge in [0.25, 0.3) is 10.1 Å². The van der Waals surface area contributed by atoms with Crippen molar-refractivity contribution in [2.75, 3.05) is 14.2 Å². The lowest BCUT2D eigenvalue weighted by Crippen LogP contribution is -2.16. The summed E-state index contributed by atoms with van der Waals surface area (Å²) >= 11 is 0. The van der Waals surface area contributed by atoms with Gasteiger partial charge in [0.05, 0.1) is 25.2 Å². The van der Waals surface area contributed by atoms with Gasteiger partial charge in [-0.15, -0.1) is 0 Å². The van der Waals surface area contributed by atoms with Gasteiger partial charge in [-0.3, -0.25) is 4.18 Å². The highest BCUT2D eigenvalue weighted by atomic mass is 32.2. The van der Waals surface area contributed by atoms with Crippen LogP contribution in [0, 0.1) is 6.92 Å². The first-order valence-electron chi connectivity index (χ1n) is 8.06. The molecule has 0 aliphatic carbocycles. The number of aryl methyl sites for hydroxylation is 2. The first-order chi connectivity index (χ1) is 11.9. The minimum absolute atomic E-state index is 0.170. The van der Waals surface area contributed by atoms with E-state index in [1.807, 2.05) is 25.1 Å².